The maximum atomic E-state index is 11.2. The van der Waals surface area contributed by atoms with Gasteiger partial charge in [0.1, 0.15) is 17.1 Å². The lowest BCUT2D eigenvalue weighted by atomic mass is 9.95. The number of ether oxygens (including phenoxy) is 2. The molecule has 88 valence electrons. The predicted octanol–water partition coefficient (Wildman–Crippen LogP) is 2.53. The van der Waals surface area contributed by atoms with Crippen molar-refractivity contribution < 1.29 is 19.4 Å². The SMILES string of the molecule is COc1ccc(OC)c(C(C)C)c1C(=O)O. The third-order valence-corrected chi connectivity index (χ3v) is 2.40. The molecular formula is C12H16O4. The summed E-state index contributed by atoms with van der Waals surface area (Å²) in [5.41, 5.74) is 0.839. The van der Waals surface area contributed by atoms with E-state index in [9.17, 15) is 9.90 Å². The van der Waals surface area contributed by atoms with E-state index >= 15 is 0 Å². The second-order valence-electron chi connectivity index (χ2n) is 3.72. The van der Waals surface area contributed by atoms with Crippen molar-refractivity contribution >= 4 is 5.97 Å². The molecule has 0 aliphatic heterocycles. The van der Waals surface area contributed by atoms with Gasteiger partial charge in [-0.05, 0) is 18.1 Å². The van der Waals surface area contributed by atoms with E-state index in [1.165, 1.54) is 14.2 Å². The molecule has 0 atom stereocenters. The van der Waals surface area contributed by atoms with Crippen LogP contribution in [0.1, 0.15) is 35.7 Å². The number of benzene rings is 1. The zero-order chi connectivity index (χ0) is 12.3. The molecule has 0 amide bonds. The largest absolute Gasteiger partial charge is 0.496 e. The Morgan fingerprint density at radius 3 is 2.06 bits per heavy atom. The third kappa shape index (κ3) is 2.10. The predicted molar refractivity (Wildman–Crippen MR) is 60.6 cm³/mol. The molecule has 0 aliphatic rings. The maximum Gasteiger partial charge on any atom is 0.339 e. The van der Waals surface area contributed by atoms with Crippen LogP contribution in [0.4, 0.5) is 0 Å². The van der Waals surface area contributed by atoms with E-state index in [-0.39, 0.29) is 11.5 Å². The van der Waals surface area contributed by atoms with Crippen LogP contribution in [-0.2, 0) is 0 Å². The van der Waals surface area contributed by atoms with Crippen LogP contribution in [0.25, 0.3) is 0 Å². The number of rotatable bonds is 4. The highest BCUT2D eigenvalue weighted by molar-refractivity contribution is 5.93. The van der Waals surface area contributed by atoms with Gasteiger partial charge in [-0.1, -0.05) is 13.8 Å². The normalized spacial score (nSPS) is 10.3. The second-order valence-corrected chi connectivity index (χ2v) is 3.72. The van der Waals surface area contributed by atoms with Crippen molar-refractivity contribution in [1.29, 1.82) is 0 Å². The van der Waals surface area contributed by atoms with Gasteiger partial charge in [-0.2, -0.15) is 0 Å². The molecule has 0 aliphatic carbocycles. The first kappa shape index (κ1) is 12.4. The smallest absolute Gasteiger partial charge is 0.339 e. The van der Waals surface area contributed by atoms with Crippen molar-refractivity contribution in [3.8, 4) is 11.5 Å². The minimum absolute atomic E-state index is 0.0520. The molecule has 1 N–H and O–H groups in total. The van der Waals surface area contributed by atoms with Gasteiger partial charge in [-0.3, -0.25) is 0 Å². The lowest BCUT2D eigenvalue weighted by Crippen LogP contribution is -2.08. The minimum Gasteiger partial charge on any atom is -0.496 e. The molecule has 1 rings (SSSR count). The molecule has 0 unspecified atom stereocenters. The minimum atomic E-state index is -1.00. The van der Waals surface area contributed by atoms with Gasteiger partial charge in [0.05, 0.1) is 14.2 Å². The molecule has 0 spiro atoms. The van der Waals surface area contributed by atoms with Crippen LogP contribution < -0.4 is 9.47 Å². The van der Waals surface area contributed by atoms with Crippen LogP contribution in [0.5, 0.6) is 11.5 Å². The second kappa shape index (κ2) is 4.88. The topological polar surface area (TPSA) is 55.8 Å². The molecule has 16 heavy (non-hydrogen) atoms. The molecule has 0 saturated heterocycles. The number of aromatic carboxylic acids is 1. The summed E-state index contributed by atoms with van der Waals surface area (Å²) in [5, 5.41) is 9.21. The first-order valence-corrected chi connectivity index (χ1v) is 5.01. The summed E-state index contributed by atoms with van der Waals surface area (Å²) >= 11 is 0. The Bertz CT molecular complexity index is 396. The first-order chi connectivity index (χ1) is 7.52. The van der Waals surface area contributed by atoms with Crippen molar-refractivity contribution in [2.45, 2.75) is 19.8 Å². The summed E-state index contributed by atoms with van der Waals surface area (Å²) in [4.78, 5) is 11.2. The summed E-state index contributed by atoms with van der Waals surface area (Å²) in [7, 11) is 2.98. The van der Waals surface area contributed by atoms with Crippen LogP contribution in [-0.4, -0.2) is 25.3 Å². The van der Waals surface area contributed by atoms with Gasteiger partial charge in [0.2, 0.25) is 0 Å². The van der Waals surface area contributed by atoms with E-state index in [1.54, 1.807) is 12.1 Å². The quantitative estimate of drug-likeness (QED) is 0.853. The number of carbonyl (C=O) groups is 1. The summed E-state index contributed by atoms with van der Waals surface area (Å²) in [5.74, 6) is -0.0131. The first-order valence-electron chi connectivity index (χ1n) is 5.01. The van der Waals surface area contributed by atoms with E-state index in [4.69, 9.17) is 9.47 Å². The van der Waals surface area contributed by atoms with Crippen molar-refractivity contribution in [3.63, 3.8) is 0 Å². The van der Waals surface area contributed by atoms with Crippen LogP contribution in [0.3, 0.4) is 0 Å². The molecule has 0 heterocycles. The van der Waals surface area contributed by atoms with E-state index in [2.05, 4.69) is 0 Å². The van der Waals surface area contributed by atoms with Gasteiger partial charge in [0, 0.05) is 5.56 Å². The van der Waals surface area contributed by atoms with Crippen LogP contribution in [0, 0.1) is 0 Å². The average Bonchev–Trinajstić information content (AvgIpc) is 2.26. The van der Waals surface area contributed by atoms with Crippen molar-refractivity contribution in [1.82, 2.24) is 0 Å². The third-order valence-electron chi connectivity index (χ3n) is 2.40. The summed E-state index contributed by atoms with van der Waals surface area (Å²) in [6.45, 7) is 3.84. The Kier molecular flexibility index (Phi) is 3.77. The monoisotopic (exact) mass is 224 g/mol. The molecule has 0 fully saturated rings. The van der Waals surface area contributed by atoms with E-state index in [0.29, 0.717) is 17.1 Å². The number of carboxylic acids is 1. The number of hydrogen-bond acceptors (Lipinski definition) is 3. The molecule has 0 aromatic heterocycles. The molecule has 4 heteroatoms. The zero-order valence-electron chi connectivity index (χ0n) is 9.90. The lowest BCUT2D eigenvalue weighted by Gasteiger charge is -2.17. The maximum absolute atomic E-state index is 11.2. The highest BCUT2D eigenvalue weighted by atomic mass is 16.5. The van der Waals surface area contributed by atoms with Gasteiger partial charge in [-0.15, -0.1) is 0 Å². The van der Waals surface area contributed by atoms with Crippen LogP contribution in [0.15, 0.2) is 12.1 Å². The standard InChI is InChI=1S/C12H16O4/c1-7(2)10-8(15-3)5-6-9(16-4)11(10)12(13)14/h5-7H,1-4H3,(H,13,14). The average molecular weight is 224 g/mol. The van der Waals surface area contributed by atoms with Crippen molar-refractivity contribution in [2.75, 3.05) is 14.2 Å². The molecule has 0 saturated carbocycles. The molecular weight excluding hydrogens is 208 g/mol. The van der Waals surface area contributed by atoms with Crippen LogP contribution >= 0.6 is 0 Å². The van der Waals surface area contributed by atoms with Gasteiger partial charge in [0.25, 0.3) is 0 Å². The Balaban J connectivity index is 3.53. The highest BCUT2D eigenvalue weighted by Gasteiger charge is 2.22. The Morgan fingerprint density at radius 2 is 1.69 bits per heavy atom. The lowest BCUT2D eigenvalue weighted by molar-refractivity contribution is 0.0691. The van der Waals surface area contributed by atoms with Gasteiger partial charge < -0.3 is 14.6 Å². The summed E-state index contributed by atoms with van der Waals surface area (Å²) in [6.07, 6.45) is 0. The Morgan fingerprint density at radius 1 is 1.19 bits per heavy atom. The fourth-order valence-electron chi connectivity index (χ4n) is 1.72. The molecule has 4 nitrogen and oxygen atoms in total. The fourth-order valence-corrected chi connectivity index (χ4v) is 1.72. The van der Waals surface area contributed by atoms with Gasteiger partial charge >= 0.3 is 5.97 Å². The fraction of sp³-hybridized carbons (Fsp3) is 0.417. The zero-order valence-corrected chi connectivity index (χ0v) is 9.90. The number of hydrogen-bond donors (Lipinski definition) is 1. The Hall–Kier alpha value is -1.71. The van der Waals surface area contributed by atoms with Crippen molar-refractivity contribution in [2.24, 2.45) is 0 Å². The van der Waals surface area contributed by atoms with Gasteiger partial charge in [0.15, 0.2) is 0 Å². The summed E-state index contributed by atoms with van der Waals surface area (Å²) in [6, 6.07) is 3.33. The number of methoxy groups -OCH3 is 2. The van der Waals surface area contributed by atoms with Gasteiger partial charge in [-0.25, -0.2) is 4.79 Å². The Labute approximate surface area is 94.8 Å². The molecule has 1 aromatic rings. The molecule has 1 aromatic carbocycles. The molecule has 0 bridgehead atoms. The summed E-state index contributed by atoms with van der Waals surface area (Å²) < 4.78 is 10.2. The highest BCUT2D eigenvalue weighted by Crippen LogP contribution is 2.35. The van der Waals surface area contributed by atoms with Crippen LogP contribution in [0.2, 0.25) is 0 Å². The van der Waals surface area contributed by atoms with E-state index in [0.717, 1.165) is 0 Å². The van der Waals surface area contributed by atoms with Crippen molar-refractivity contribution in [3.05, 3.63) is 23.3 Å². The van der Waals surface area contributed by atoms with E-state index in [1.807, 2.05) is 13.8 Å². The van der Waals surface area contributed by atoms with E-state index < -0.39 is 5.97 Å². The number of carboxylic acid groups (broad SMARTS) is 1. The molecule has 0 radical (unpaired) electrons.